The van der Waals surface area contributed by atoms with Gasteiger partial charge in [0.2, 0.25) is 0 Å². The number of carbonyl (C=O) groups excluding carboxylic acids is 1. The van der Waals surface area contributed by atoms with E-state index in [0.717, 1.165) is 53.0 Å². The minimum Gasteiger partial charge on any atom is -0.361 e. The Morgan fingerprint density at radius 2 is 1.95 bits per heavy atom. The molecule has 2 heterocycles. The highest BCUT2D eigenvalue weighted by molar-refractivity contribution is 8.03. The van der Waals surface area contributed by atoms with E-state index in [-0.39, 0.29) is 11.7 Å². The summed E-state index contributed by atoms with van der Waals surface area (Å²) >= 11 is 1.73. The quantitative estimate of drug-likeness (QED) is 0.848. The number of ketones is 1. The molecule has 1 aliphatic carbocycles. The summed E-state index contributed by atoms with van der Waals surface area (Å²) < 4.78 is 26.9. The third-order valence-corrected chi connectivity index (χ3v) is 5.77. The van der Waals surface area contributed by atoms with Gasteiger partial charge >= 0.3 is 0 Å². The average molecular weight is 319 g/mol. The van der Waals surface area contributed by atoms with Gasteiger partial charge in [-0.15, -0.1) is 11.8 Å². The van der Waals surface area contributed by atoms with Gasteiger partial charge in [0.1, 0.15) is 0 Å². The molecule has 1 N–H and O–H groups in total. The largest absolute Gasteiger partial charge is 0.361 e. The third kappa shape index (κ3) is 2.10. The van der Waals surface area contributed by atoms with Crippen molar-refractivity contribution in [3.63, 3.8) is 0 Å². The summed E-state index contributed by atoms with van der Waals surface area (Å²) in [5.41, 5.74) is 3.55. The normalized spacial score (nSPS) is 24.3. The van der Waals surface area contributed by atoms with Crippen molar-refractivity contribution in [2.24, 2.45) is 0 Å². The number of Topliss-reactive ketones (excluding diaryl/α,β-unsaturated/α-hetero) is 1. The van der Waals surface area contributed by atoms with Crippen LogP contribution in [0.15, 0.2) is 40.1 Å². The van der Waals surface area contributed by atoms with Gasteiger partial charge in [0, 0.05) is 34.2 Å². The molecule has 5 heteroatoms. The van der Waals surface area contributed by atoms with Gasteiger partial charge in [-0.05, 0) is 42.7 Å². The lowest BCUT2D eigenvalue weighted by atomic mass is 9.85. The van der Waals surface area contributed by atoms with E-state index in [9.17, 15) is 13.6 Å². The smallest absolute Gasteiger partial charge is 0.161 e. The Labute approximate surface area is 131 Å². The van der Waals surface area contributed by atoms with Crippen LogP contribution in [-0.2, 0) is 4.79 Å². The first-order valence-corrected chi connectivity index (χ1v) is 8.48. The number of thioether (sulfide) groups is 1. The Bertz CT molecular complexity index is 738. The number of benzene rings is 1. The van der Waals surface area contributed by atoms with Crippen molar-refractivity contribution in [2.45, 2.75) is 31.6 Å². The van der Waals surface area contributed by atoms with Crippen LogP contribution in [0.1, 0.15) is 37.2 Å². The number of allylic oxidation sites excluding steroid dienone is 4. The van der Waals surface area contributed by atoms with Crippen LogP contribution >= 0.6 is 11.8 Å². The number of hydrogen-bond donors (Lipinski definition) is 1. The highest BCUT2D eigenvalue weighted by Crippen LogP contribution is 2.49. The fraction of sp³-hybridized carbons (Fsp3) is 0.353. The van der Waals surface area contributed by atoms with Gasteiger partial charge in [0.15, 0.2) is 17.4 Å². The molecule has 1 aromatic carbocycles. The second kappa shape index (κ2) is 5.23. The molecular weight excluding hydrogens is 304 g/mol. The molecule has 22 heavy (non-hydrogen) atoms. The number of halogens is 2. The van der Waals surface area contributed by atoms with Crippen LogP contribution in [0.3, 0.4) is 0 Å². The lowest BCUT2D eigenvalue weighted by Crippen LogP contribution is -2.27. The zero-order chi connectivity index (χ0) is 15.3. The van der Waals surface area contributed by atoms with Gasteiger partial charge in [-0.2, -0.15) is 0 Å². The Morgan fingerprint density at radius 1 is 1.09 bits per heavy atom. The van der Waals surface area contributed by atoms with Gasteiger partial charge in [0.25, 0.3) is 0 Å². The summed E-state index contributed by atoms with van der Waals surface area (Å²) in [6.07, 6.45) is 3.27. The molecule has 0 bridgehead atoms. The average Bonchev–Trinajstić information content (AvgIpc) is 2.89. The minimum absolute atomic E-state index is 0.120. The molecule has 1 unspecified atom stereocenters. The Balaban J connectivity index is 1.87. The van der Waals surface area contributed by atoms with E-state index >= 15 is 0 Å². The molecule has 1 atom stereocenters. The zero-order valence-electron chi connectivity index (χ0n) is 11.9. The molecule has 0 saturated carbocycles. The van der Waals surface area contributed by atoms with Gasteiger partial charge in [-0.3, -0.25) is 4.79 Å². The summed E-state index contributed by atoms with van der Waals surface area (Å²) in [6.45, 7) is 0. The summed E-state index contributed by atoms with van der Waals surface area (Å²) in [4.78, 5) is 13.4. The molecule has 0 fully saturated rings. The highest BCUT2D eigenvalue weighted by Gasteiger charge is 2.39. The van der Waals surface area contributed by atoms with Crippen LogP contribution in [0, 0.1) is 11.6 Å². The molecule has 0 spiro atoms. The van der Waals surface area contributed by atoms with E-state index < -0.39 is 11.6 Å². The first-order chi connectivity index (χ1) is 10.6. The molecule has 0 amide bonds. The minimum atomic E-state index is -0.855. The SMILES string of the molecule is O=C1CCC2=C1C(c1ccc(F)c(F)c1)C1=C(CCCS1)N2. The van der Waals surface area contributed by atoms with Crippen molar-refractivity contribution in [3.05, 3.63) is 57.3 Å². The van der Waals surface area contributed by atoms with Crippen molar-refractivity contribution in [1.82, 2.24) is 5.32 Å². The first-order valence-electron chi connectivity index (χ1n) is 7.49. The Morgan fingerprint density at radius 3 is 2.77 bits per heavy atom. The maximum Gasteiger partial charge on any atom is 0.161 e. The van der Waals surface area contributed by atoms with E-state index in [1.54, 1.807) is 17.8 Å². The number of rotatable bonds is 1. The number of nitrogens with one attached hydrogen (secondary N) is 1. The van der Waals surface area contributed by atoms with E-state index in [1.165, 1.54) is 6.07 Å². The second-order valence-electron chi connectivity index (χ2n) is 5.84. The van der Waals surface area contributed by atoms with Crippen LogP contribution in [0.2, 0.25) is 0 Å². The molecule has 114 valence electrons. The second-order valence-corrected chi connectivity index (χ2v) is 6.98. The predicted molar refractivity (Wildman–Crippen MR) is 82.2 cm³/mol. The Hall–Kier alpha value is -1.62. The summed E-state index contributed by atoms with van der Waals surface area (Å²) in [5.74, 6) is -0.823. The predicted octanol–water partition coefficient (Wildman–Crippen LogP) is 4.01. The molecule has 0 saturated heterocycles. The van der Waals surface area contributed by atoms with Gasteiger partial charge < -0.3 is 5.32 Å². The molecule has 0 aromatic heterocycles. The maximum absolute atomic E-state index is 13.7. The van der Waals surface area contributed by atoms with E-state index in [0.29, 0.717) is 12.0 Å². The molecule has 3 aliphatic rings. The first kappa shape index (κ1) is 14.0. The van der Waals surface area contributed by atoms with E-state index in [1.807, 2.05) is 0 Å². The molecule has 2 nitrogen and oxygen atoms in total. The topological polar surface area (TPSA) is 29.1 Å². The Kier molecular flexibility index (Phi) is 3.33. The van der Waals surface area contributed by atoms with Crippen molar-refractivity contribution in [1.29, 1.82) is 0 Å². The summed E-state index contributed by atoms with van der Waals surface area (Å²) in [5, 5.41) is 3.42. The molecule has 1 aromatic rings. The zero-order valence-corrected chi connectivity index (χ0v) is 12.7. The van der Waals surface area contributed by atoms with E-state index in [2.05, 4.69) is 5.32 Å². The number of dihydropyridines is 1. The van der Waals surface area contributed by atoms with Crippen molar-refractivity contribution in [2.75, 3.05) is 5.75 Å². The fourth-order valence-corrected chi connectivity index (χ4v) is 4.74. The van der Waals surface area contributed by atoms with E-state index in [4.69, 9.17) is 0 Å². The van der Waals surface area contributed by atoms with Crippen LogP contribution < -0.4 is 5.32 Å². The molecule has 0 radical (unpaired) electrons. The third-order valence-electron chi connectivity index (χ3n) is 4.48. The molecule has 2 aliphatic heterocycles. The highest BCUT2D eigenvalue weighted by atomic mass is 32.2. The summed E-state index contributed by atoms with van der Waals surface area (Å²) in [7, 11) is 0. The van der Waals surface area contributed by atoms with Crippen LogP contribution in [0.5, 0.6) is 0 Å². The van der Waals surface area contributed by atoms with Crippen molar-refractivity contribution >= 4 is 17.5 Å². The summed E-state index contributed by atoms with van der Waals surface area (Å²) in [6, 6.07) is 3.99. The van der Waals surface area contributed by atoms with Gasteiger partial charge in [0.05, 0.1) is 0 Å². The van der Waals surface area contributed by atoms with Crippen molar-refractivity contribution < 1.29 is 13.6 Å². The standard InChI is InChI=1S/C17H15F2NOS/c18-10-4-3-9(8-11(10)19)15-16-12(5-6-14(16)21)20-13-2-1-7-22-17(13)15/h3-4,8,15,20H,1-2,5-7H2. The van der Waals surface area contributed by atoms with Gasteiger partial charge in [-0.1, -0.05) is 6.07 Å². The van der Waals surface area contributed by atoms with Crippen LogP contribution in [0.25, 0.3) is 0 Å². The molecular formula is C17H15F2NOS. The lowest BCUT2D eigenvalue weighted by Gasteiger charge is -2.33. The van der Waals surface area contributed by atoms with Crippen molar-refractivity contribution in [3.8, 4) is 0 Å². The maximum atomic E-state index is 13.7. The van der Waals surface area contributed by atoms with Crippen LogP contribution in [0.4, 0.5) is 8.78 Å². The number of hydrogen-bond acceptors (Lipinski definition) is 3. The lowest BCUT2D eigenvalue weighted by molar-refractivity contribution is -0.115. The molecule has 4 rings (SSSR count). The van der Waals surface area contributed by atoms with Crippen LogP contribution in [-0.4, -0.2) is 11.5 Å². The number of carbonyl (C=O) groups is 1. The fourth-order valence-electron chi connectivity index (χ4n) is 3.49. The monoisotopic (exact) mass is 319 g/mol. The van der Waals surface area contributed by atoms with Gasteiger partial charge in [-0.25, -0.2) is 8.78 Å².